The first-order chi connectivity index (χ1) is 11.2. The standard InChI is InChI=1S/C18H36N2S4/c1-9-13(5)19(14(6)10-2)17(21)23-24-18(22)20(15(7)11-3)16(8)12-4/h13-16H,9-12H2,1-8H3. The smallest absolute Gasteiger partial charge is 0.147 e. The first-order valence-electron chi connectivity index (χ1n) is 9.23. The lowest BCUT2D eigenvalue weighted by Gasteiger charge is -2.37. The van der Waals surface area contributed by atoms with E-state index in [1.807, 2.05) is 0 Å². The molecule has 142 valence electrons. The zero-order valence-electron chi connectivity index (χ0n) is 16.7. The molecule has 0 saturated heterocycles. The zero-order valence-corrected chi connectivity index (χ0v) is 19.9. The van der Waals surface area contributed by atoms with Crippen molar-refractivity contribution in [1.29, 1.82) is 0 Å². The van der Waals surface area contributed by atoms with Crippen molar-refractivity contribution in [2.24, 2.45) is 0 Å². The summed E-state index contributed by atoms with van der Waals surface area (Å²) in [6.07, 6.45) is 4.41. The van der Waals surface area contributed by atoms with Gasteiger partial charge in [-0.1, -0.05) is 52.1 Å². The van der Waals surface area contributed by atoms with Crippen molar-refractivity contribution in [2.45, 2.75) is 105 Å². The van der Waals surface area contributed by atoms with Crippen molar-refractivity contribution < 1.29 is 0 Å². The quantitative estimate of drug-likeness (QED) is 0.322. The Labute approximate surface area is 169 Å². The van der Waals surface area contributed by atoms with Crippen LogP contribution in [0.5, 0.6) is 0 Å². The molecule has 0 heterocycles. The zero-order chi connectivity index (χ0) is 18.9. The Morgan fingerprint density at radius 2 is 0.833 bits per heavy atom. The van der Waals surface area contributed by atoms with Crippen LogP contribution >= 0.6 is 46.0 Å². The van der Waals surface area contributed by atoms with Crippen LogP contribution in [-0.2, 0) is 0 Å². The van der Waals surface area contributed by atoms with Gasteiger partial charge in [0.2, 0.25) is 0 Å². The number of nitrogens with zero attached hydrogens (tertiary/aromatic N) is 2. The van der Waals surface area contributed by atoms with E-state index in [9.17, 15) is 0 Å². The van der Waals surface area contributed by atoms with E-state index in [-0.39, 0.29) is 0 Å². The summed E-state index contributed by atoms with van der Waals surface area (Å²) in [6.45, 7) is 17.9. The normalized spacial score (nSPS) is 16.2. The molecule has 0 aromatic carbocycles. The van der Waals surface area contributed by atoms with Crippen LogP contribution < -0.4 is 0 Å². The monoisotopic (exact) mass is 408 g/mol. The third-order valence-corrected chi connectivity index (χ3v) is 8.41. The van der Waals surface area contributed by atoms with Gasteiger partial charge in [0.25, 0.3) is 0 Å². The fraction of sp³-hybridized carbons (Fsp3) is 0.889. The Morgan fingerprint density at radius 3 is 1.00 bits per heavy atom. The van der Waals surface area contributed by atoms with Crippen LogP contribution in [0.25, 0.3) is 0 Å². The van der Waals surface area contributed by atoms with Crippen LogP contribution in [0.3, 0.4) is 0 Å². The molecule has 0 aliphatic rings. The molecule has 2 nitrogen and oxygen atoms in total. The highest BCUT2D eigenvalue weighted by atomic mass is 33.1. The SMILES string of the molecule is CCC(C)N(C(=S)SSC(=S)N(C(C)CC)C(C)CC)C(C)CC. The Bertz CT molecular complexity index is 333. The second-order valence-electron chi connectivity index (χ2n) is 6.54. The summed E-state index contributed by atoms with van der Waals surface area (Å²) in [4.78, 5) is 4.76. The molecular weight excluding hydrogens is 372 g/mol. The summed E-state index contributed by atoms with van der Waals surface area (Å²) in [7, 11) is 3.31. The highest BCUT2D eigenvalue weighted by Crippen LogP contribution is 2.33. The molecule has 0 amide bonds. The Balaban J connectivity index is 4.93. The summed E-state index contributed by atoms with van der Waals surface area (Å²) in [6, 6.07) is 1.87. The molecule has 0 aliphatic heterocycles. The minimum absolute atomic E-state index is 0.467. The number of hydrogen-bond acceptors (Lipinski definition) is 4. The van der Waals surface area contributed by atoms with Gasteiger partial charge in [-0.2, -0.15) is 0 Å². The second-order valence-corrected chi connectivity index (χ2v) is 9.94. The minimum Gasteiger partial charge on any atom is -0.351 e. The fourth-order valence-corrected chi connectivity index (χ4v) is 5.84. The highest BCUT2D eigenvalue weighted by molar-refractivity contribution is 8.89. The molecule has 0 aliphatic carbocycles. The molecule has 6 heteroatoms. The van der Waals surface area contributed by atoms with Gasteiger partial charge in [0.15, 0.2) is 0 Å². The van der Waals surface area contributed by atoms with Gasteiger partial charge in [-0.3, -0.25) is 0 Å². The van der Waals surface area contributed by atoms with Gasteiger partial charge in [-0.25, -0.2) is 0 Å². The molecule has 24 heavy (non-hydrogen) atoms. The van der Waals surface area contributed by atoms with E-state index in [4.69, 9.17) is 24.4 Å². The minimum atomic E-state index is 0.467. The number of rotatable bonds is 8. The topological polar surface area (TPSA) is 6.48 Å². The Kier molecular flexibility index (Phi) is 13.0. The van der Waals surface area contributed by atoms with Gasteiger partial charge < -0.3 is 9.80 Å². The van der Waals surface area contributed by atoms with E-state index in [2.05, 4.69) is 65.2 Å². The highest BCUT2D eigenvalue weighted by Gasteiger charge is 2.25. The summed E-state index contributed by atoms with van der Waals surface area (Å²) >= 11 is 11.5. The third kappa shape index (κ3) is 7.38. The van der Waals surface area contributed by atoms with Crippen LogP contribution in [0.15, 0.2) is 0 Å². The predicted molar refractivity (Wildman–Crippen MR) is 123 cm³/mol. The molecule has 0 spiro atoms. The molecule has 4 unspecified atom stereocenters. The fourth-order valence-electron chi connectivity index (χ4n) is 2.53. The molecule has 0 radical (unpaired) electrons. The largest absolute Gasteiger partial charge is 0.351 e. The molecule has 0 aromatic rings. The molecular formula is C18H36N2S4. The van der Waals surface area contributed by atoms with E-state index in [1.165, 1.54) is 0 Å². The van der Waals surface area contributed by atoms with Crippen molar-refractivity contribution in [1.82, 2.24) is 9.80 Å². The van der Waals surface area contributed by atoms with Gasteiger partial charge in [-0.15, -0.1) is 0 Å². The van der Waals surface area contributed by atoms with Gasteiger partial charge in [0.1, 0.15) is 8.64 Å². The van der Waals surface area contributed by atoms with Gasteiger partial charge in [0, 0.05) is 24.2 Å². The molecule has 4 atom stereocenters. The maximum atomic E-state index is 5.74. The van der Waals surface area contributed by atoms with Crippen molar-refractivity contribution in [3.05, 3.63) is 0 Å². The maximum absolute atomic E-state index is 5.74. The summed E-state index contributed by atoms with van der Waals surface area (Å²) < 4.78 is 1.92. The van der Waals surface area contributed by atoms with E-state index in [1.54, 1.807) is 21.6 Å². The summed E-state index contributed by atoms with van der Waals surface area (Å²) in [5, 5.41) is 0. The molecule has 0 aromatic heterocycles. The van der Waals surface area contributed by atoms with Crippen molar-refractivity contribution in [2.75, 3.05) is 0 Å². The molecule has 0 N–H and O–H groups in total. The van der Waals surface area contributed by atoms with Crippen LogP contribution in [0.4, 0.5) is 0 Å². The molecule has 0 saturated carbocycles. The van der Waals surface area contributed by atoms with Gasteiger partial charge in [0.05, 0.1) is 0 Å². The number of thiocarbonyl (C=S) groups is 2. The summed E-state index contributed by atoms with van der Waals surface area (Å²) in [5.41, 5.74) is 0. The molecule has 0 fully saturated rings. The van der Waals surface area contributed by atoms with E-state index in [0.29, 0.717) is 24.2 Å². The van der Waals surface area contributed by atoms with Crippen LogP contribution in [0, 0.1) is 0 Å². The maximum Gasteiger partial charge on any atom is 0.147 e. The first-order valence-corrected chi connectivity index (χ1v) is 12.2. The Hall–Kier alpha value is 0.480. The predicted octanol–water partition coefficient (Wildman–Crippen LogP) is 6.74. The van der Waals surface area contributed by atoms with Crippen LogP contribution in [0.1, 0.15) is 81.1 Å². The van der Waals surface area contributed by atoms with Crippen LogP contribution in [0.2, 0.25) is 0 Å². The lowest BCUT2D eigenvalue weighted by molar-refractivity contribution is 0.260. The van der Waals surface area contributed by atoms with Crippen molar-refractivity contribution in [3.8, 4) is 0 Å². The van der Waals surface area contributed by atoms with Crippen molar-refractivity contribution in [3.63, 3.8) is 0 Å². The van der Waals surface area contributed by atoms with Gasteiger partial charge in [-0.05, 0) is 75.0 Å². The van der Waals surface area contributed by atoms with E-state index >= 15 is 0 Å². The lowest BCUT2D eigenvalue weighted by Crippen LogP contribution is -2.43. The number of hydrogen-bond donors (Lipinski definition) is 0. The van der Waals surface area contributed by atoms with E-state index < -0.39 is 0 Å². The van der Waals surface area contributed by atoms with Gasteiger partial charge >= 0.3 is 0 Å². The first kappa shape index (κ1) is 24.5. The van der Waals surface area contributed by atoms with Crippen LogP contribution in [-0.4, -0.2) is 42.6 Å². The summed E-state index contributed by atoms with van der Waals surface area (Å²) in [5.74, 6) is 0. The average Bonchev–Trinajstić information content (AvgIpc) is 2.59. The van der Waals surface area contributed by atoms with E-state index in [0.717, 1.165) is 34.3 Å². The third-order valence-electron chi connectivity index (χ3n) is 4.87. The second kappa shape index (κ2) is 12.8. The Morgan fingerprint density at radius 1 is 0.625 bits per heavy atom. The average molecular weight is 409 g/mol. The molecule has 0 rings (SSSR count). The molecule has 0 bridgehead atoms. The lowest BCUT2D eigenvalue weighted by atomic mass is 10.1. The van der Waals surface area contributed by atoms with Crippen molar-refractivity contribution >= 4 is 54.7 Å².